The monoisotopic (exact) mass is 212 g/mol. The zero-order valence-electron chi connectivity index (χ0n) is 8.48. The van der Waals surface area contributed by atoms with Crippen molar-refractivity contribution in [2.75, 3.05) is 14.2 Å². The number of methoxy groups -OCH3 is 2. The number of aromatic hydroxyl groups is 2. The van der Waals surface area contributed by atoms with Gasteiger partial charge in [-0.2, -0.15) is 0 Å². The molecule has 0 aliphatic carbocycles. The van der Waals surface area contributed by atoms with Crippen LogP contribution in [0.25, 0.3) is 0 Å². The molecular weight excluding hydrogens is 200 g/mol. The molecule has 0 aromatic heterocycles. The number of ether oxygens (including phenoxy) is 2. The summed E-state index contributed by atoms with van der Waals surface area (Å²) >= 11 is 0. The molecule has 0 unspecified atom stereocenters. The summed E-state index contributed by atoms with van der Waals surface area (Å²) in [6.07, 6.45) is -0.0973. The van der Waals surface area contributed by atoms with Crippen LogP contribution < -0.4 is 4.74 Å². The van der Waals surface area contributed by atoms with Crippen molar-refractivity contribution in [1.82, 2.24) is 0 Å². The highest BCUT2D eigenvalue weighted by atomic mass is 16.5. The second kappa shape index (κ2) is 4.54. The summed E-state index contributed by atoms with van der Waals surface area (Å²) in [5.74, 6) is -0.583. The van der Waals surface area contributed by atoms with Gasteiger partial charge >= 0.3 is 5.97 Å². The van der Waals surface area contributed by atoms with Gasteiger partial charge in [-0.05, 0) is 6.07 Å². The Balaban J connectivity index is 3.00. The quantitative estimate of drug-likeness (QED) is 0.573. The molecule has 15 heavy (non-hydrogen) atoms. The third-order valence-corrected chi connectivity index (χ3v) is 1.94. The molecule has 1 aromatic rings. The number of phenolic OH excluding ortho intramolecular Hbond substituents is 2. The summed E-state index contributed by atoms with van der Waals surface area (Å²) in [6.45, 7) is 0. The Morgan fingerprint density at radius 3 is 2.47 bits per heavy atom. The van der Waals surface area contributed by atoms with Gasteiger partial charge in [0.05, 0.1) is 20.6 Å². The summed E-state index contributed by atoms with van der Waals surface area (Å²) in [7, 11) is 2.62. The van der Waals surface area contributed by atoms with E-state index in [0.29, 0.717) is 5.56 Å². The fraction of sp³-hybridized carbons (Fsp3) is 0.300. The van der Waals surface area contributed by atoms with Crippen molar-refractivity contribution in [2.45, 2.75) is 6.42 Å². The molecule has 0 atom stereocenters. The molecule has 5 nitrogen and oxygen atoms in total. The van der Waals surface area contributed by atoms with Crippen LogP contribution in [0, 0.1) is 0 Å². The molecule has 0 spiro atoms. The molecular formula is C10H12O5. The number of carbonyl (C=O) groups excluding carboxylic acids is 1. The van der Waals surface area contributed by atoms with Crippen LogP contribution in [0.3, 0.4) is 0 Å². The Morgan fingerprint density at radius 2 is 1.93 bits per heavy atom. The van der Waals surface area contributed by atoms with Gasteiger partial charge < -0.3 is 19.7 Å². The molecule has 0 amide bonds. The molecule has 0 aliphatic heterocycles. The first-order valence-corrected chi connectivity index (χ1v) is 4.24. The molecule has 0 heterocycles. The predicted molar refractivity (Wildman–Crippen MR) is 52.0 cm³/mol. The first kappa shape index (κ1) is 11.2. The molecule has 0 fully saturated rings. The maximum absolute atomic E-state index is 11.0. The third kappa shape index (κ3) is 2.52. The zero-order chi connectivity index (χ0) is 11.4. The van der Waals surface area contributed by atoms with Gasteiger partial charge in [-0.15, -0.1) is 0 Å². The topological polar surface area (TPSA) is 76.0 Å². The molecule has 1 rings (SSSR count). The smallest absolute Gasteiger partial charge is 0.310 e. The Morgan fingerprint density at radius 1 is 1.27 bits per heavy atom. The predicted octanol–water partition coefficient (Wildman–Crippen LogP) is 0.822. The standard InChI is InChI=1S/C10H12O5/c1-14-9-5-7(11)6(3-8(9)12)4-10(13)15-2/h3,5,11-12H,4H2,1-2H3. The SMILES string of the molecule is COC(=O)Cc1cc(O)c(OC)cc1O. The highest BCUT2D eigenvalue weighted by Crippen LogP contribution is 2.33. The lowest BCUT2D eigenvalue weighted by Gasteiger charge is -2.08. The molecule has 5 heteroatoms. The fourth-order valence-corrected chi connectivity index (χ4v) is 1.13. The minimum Gasteiger partial charge on any atom is -0.508 e. The van der Waals surface area contributed by atoms with Crippen LogP contribution in [-0.2, 0) is 16.0 Å². The molecule has 0 radical (unpaired) electrons. The Labute approximate surface area is 86.9 Å². The van der Waals surface area contributed by atoms with Crippen molar-refractivity contribution in [3.63, 3.8) is 0 Å². The Hall–Kier alpha value is -1.91. The number of carbonyl (C=O) groups is 1. The molecule has 0 saturated carbocycles. The number of phenols is 2. The minimum absolute atomic E-state index is 0.0973. The number of hydrogen-bond donors (Lipinski definition) is 2. The summed E-state index contributed by atoms with van der Waals surface area (Å²) < 4.78 is 9.23. The van der Waals surface area contributed by atoms with Crippen LogP contribution >= 0.6 is 0 Å². The van der Waals surface area contributed by atoms with Gasteiger partial charge in [-0.1, -0.05) is 0 Å². The van der Waals surface area contributed by atoms with Crippen LogP contribution in [0.2, 0.25) is 0 Å². The van der Waals surface area contributed by atoms with Crippen molar-refractivity contribution in [2.24, 2.45) is 0 Å². The first-order valence-electron chi connectivity index (χ1n) is 4.24. The zero-order valence-corrected chi connectivity index (χ0v) is 8.48. The van der Waals surface area contributed by atoms with Crippen molar-refractivity contribution in [3.05, 3.63) is 17.7 Å². The average molecular weight is 212 g/mol. The lowest BCUT2D eigenvalue weighted by molar-refractivity contribution is -0.139. The summed E-state index contributed by atoms with van der Waals surface area (Å²) in [5.41, 5.74) is 0.292. The molecule has 1 aromatic carbocycles. The van der Waals surface area contributed by atoms with Gasteiger partial charge in [0.2, 0.25) is 0 Å². The largest absolute Gasteiger partial charge is 0.508 e. The van der Waals surface area contributed by atoms with Crippen molar-refractivity contribution >= 4 is 5.97 Å². The van der Waals surface area contributed by atoms with Gasteiger partial charge in [0.15, 0.2) is 11.5 Å². The van der Waals surface area contributed by atoms with Crippen LogP contribution in [0.1, 0.15) is 5.56 Å². The van der Waals surface area contributed by atoms with E-state index in [1.807, 2.05) is 0 Å². The lowest BCUT2D eigenvalue weighted by Crippen LogP contribution is -2.04. The van der Waals surface area contributed by atoms with Gasteiger partial charge in [0, 0.05) is 11.6 Å². The molecule has 82 valence electrons. The van der Waals surface area contributed by atoms with Crippen LogP contribution in [0.15, 0.2) is 12.1 Å². The molecule has 0 bridgehead atoms. The molecule has 0 saturated heterocycles. The molecule has 2 N–H and O–H groups in total. The Bertz CT molecular complexity index is 372. The van der Waals surface area contributed by atoms with E-state index in [1.165, 1.54) is 26.4 Å². The van der Waals surface area contributed by atoms with E-state index < -0.39 is 5.97 Å². The molecule has 0 aliphatic rings. The lowest BCUT2D eigenvalue weighted by atomic mass is 10.1. The second-order valence-corrected chi connectivity index (χ2v) is 2.91. The van der Waals surface area contributed by atoms with E-state index in [4.69, 9.17) is 4.74 Å². The van der Waals surface area contributed by atoms with Crippen molar-refractivity contribution in [3.8, 4) is 17.2 Å². The first-order chi connectivity index (χ1) is 7.08. The van der Waals surface area contributed by atoms with Crippen LogP contribution in [0.4, 0.5) is 0 Å². The van der Waals surface area contributed by atoms with Gasteiger partial charge in [-0.25, -0.2) is 0 Å². The summed E-state index contributed by atoms with van der Waals surface area (Å²) in [6, 6.07) is 2.51. The maximum atomic E-state index is 11.0. The van der Waals surface area contributed by atoms with Crippen LogP contribution in [0.5, 0.6) is 17.2 Å². The van der Waals surface area contributed by atoms with Crippen LogP contribution in [-0.4, -0.2) is 30.4 Å². The van der Waals surface area contributed by atoms with Gasteiger partial charge in [-0.3, -0.25) is 4.79 Å². The van der Waals surface area contributed by atoms with E-state index >= 15 is 0 Å². The number of benzene rings is 1. The normalized spacial score (nSPS) is 9.73. The van der Waals surface area contributed by atoms with E-state index in [9.17, 15) is 15.0 Å². The highest BCUT2D eigenvalue weighted by molar-refractivity contribution is 5.74. The maximum Gasteiger partial charge on any atom is 0.310 e. The van der Waals surface area contributed by atoms with Gasteiger partial charge in [0.1, 0.15) is 5.75 Å². The van der Waals surface area contributed by atoms with E-state index in [2.05, 4.69) is 4.74 Å². The number of rotatable bonds is 3. The number of hydrogen-bond acceptors (Lipinski definition) is 5. The minimum atomic E-state index is -0.491. The highest BCUT2D eigenvalue weighted by Gasteiger charge is 2.12. The summed E-state index contributed by atoms with van der Waals surface area (Å²) in [4.78, 5) is 11.0. The van der Waals surface area contributed by atoms with E-state index in [-0.39, 0.29) is 23.7 Å². The fourth-order valence-electron chi connectivity index (χ4n) is 1.13. The van der Waals surface area contributed by atoms with Gasteiger partial charge in [0.25, 0.3) is 0 Å². The number of esters is 1. The van der Waals surface area contributed by atoms with E-state index in [0.717, 1.165) is 0 Å². The van der Waals surface area contributed by atoms with E-state index in [1.54, 1.807) is 0 Å². The van der Waals surface area contributed by atoms with Crippen molar-refractivity contribution < 1.29 is 24.5 Å². The Kier molecular flexibility index (Phi) is 3.38. The second-order valence-electron chi connectivity index (χ2n) is 2.91. The van der Waals surface area contributed by atoms with Crippen molar-refractivity contribution in [1.29, 1.82) is 0 Å². The summed E-state index contributed by atoms with van der Waals surface area (Å²) in [5, 5.41) is 18.9. The average Bonchev–Trinajstić information content (AvgIpc) is 2.22. The third-order valence-electron chi connectivity index (χ3n) is 1.94.